The van der Waals surface area contributed by atoms with Crippen LogP contribution in [-0.4, -0.2) is 12.0 Å². The summed E-state index contributed by atoms with van der Waals surface area (Å²) < 4.78 is 13.3. The lowest BCUT2D eigenvalue weighted by molar-refractivity contribution is 0.573. The van der Waals surface area contributed by atoms with Gasteiger partial charge in [0.15, 0.2) is 5.13 Å². The minimum absolute atomic E-state index is 0.107. The summed E-state index contributed by atoms with van der Waals surface area (Å²) in [5.74, 6) is -0.234. The Kier molecular flexibility index (Phi) is 3.24. The molecule has 3 nitrogen and oxygen atoms in total. The van der Waals surface area contributed by atoms with Crippen LogP contribution in [0.2, 0.25) is 0 Å². The molecule has 0 spiro atoms. The van der Waals surface area contributed by atoms with Gasteiger partial charge in [-0.05, 0) is 37.5 Å². The Morgan fingerprint density at radius 1 is 1.47 bits per heavy atom. The van der Waals surface area contributed by atoms with Crippen LogP contribution in [0.3, 0.4) is 0 Å². The summed E-state index contributed by atoms with van der Waals surface area (Å²) >= 11 is 1.62. The number of aromatic nitrogens is 1. The van der Waals surface area contributed by atoms with Crippen molar-refractivity contribution in [3.05, 3.63) is 40.7 Å². The molecule has 1 aliphatic rings. The van der Waals surface area contributed by atoms with Crippen molar-refractivity contribution >= 4 is 22.2 Å². The summed E-state index contributed by atoms with van der Waals surface area (Å²) in [5, 5.41) is 0.882. The molecule has 5 heteroatoms. The van der Waals surface area contributed by atoms with Crippen LogP contribution in [0, 0.1) is 5.82 Å². The Bertz CT molecular complexity index is 596. The van der Waals surface area contributed by atoms with E-state index in [-0.39, 0.29) is 11.9 Å². The van der Waals surface area contributed by atoms with Crippen molar-refractivity contribution < 1.29 is 4.39 Å². The van der Waals surface area contributed by atoms with Crippen LogP contribution in [0.25, 0.3) is 0 Å². The van der Waals surface area contributed by atoms with E-state index in [0.717, 1.165) is 35.8 Å². The van der Waals surface area contributed by atoms with Crippen molar-refractivity contribution in [3.63, 3.8) is 0 Å². The Morgan fingerprint density at radius 3 is 3.05 bits per heavy atom. The Labute approximate surface area is 115 Å². The van der Waals surface area contributed by atoms with Crippen LogP contribution in [0.4, 0.5) is 15.2 Å². The molecular formula is C14H16FN3S. The molecule has 1 aromatic heterocycles. The third-order valence-corrected chi connectivity index (χ3v) is 4.77. The van der Waals surface area contributed by atoms with Crippen molar-refractivity contribution in [2.75, 3.05) is 11.9 Å². The van der Waals surface area contributed by atoms with Crippen LogP contribution in [0.15, 0.2) is 24.3 Å². The molecule has 1 unspecified atom stereocenters. The molecule has 19 heavy (non-hydrogen) atoms. The smallest absolute Gasteiger partial charge is 0.190 e. The molecule has 0 saturated heterocycles. The predicted molar refractivity (Wildman–Crippen MR) is 76.4 cm³/mol. The first-order chi connectivity index (χ1) is 9.15. The highest BCUT2D eigenvalue weighted by atomic mass is 32.1. The number of aryl methyl sites for hydroxylation is 1. The second-order valence-corrected chi connectivity index (χ2v) is 5.85. The van der Waals surface area contributed by atoms with Crippen LogP contribution in [-0.2, 0) is 6.42 Å². The summed E-state index contributed by atoms with van der Waals surface area (Å²) in [4.78, 5) is 7.75. The van der Waals surface area contributed by atoms with Gasteiger partial charge in [-0.2, -0.15) is 0 Å². The fourth-order valence-corrected chi connectivity index (χ4v) is 3.51. The first kappa shape index (κ1) is 12.6. The molecular weight excluding hydrogens is 261 g/mol. The van der Waals surface area contributed by atoms with E-state index in [4.69, 9.17) is 5.73 Å². The van der Waals surface area contributed by atoms with Crippen molar-refractivity contribution in [3.8, 4) is 0 Å². The third-order valence-electron chi connectivity index (χ3n) is 3.46. The first-order valence-electron chi connectivity index (χ1n) is 6.39. The van der Waals surface area contributed by atoms with E-state index >= 15 is 0 Å². The fourth-order valence-electron chi connectivity index (χ4n) is 2.38. The van der Waals surface area contributed by atoms with Crippen molar-refractivity contribution in [2.24, 2.45) is 5.73 Å². The van der Waals surface area contributed by atoms with E-state index in [1.807, 2.05) is 18.0 Å². The second kappa shape index (κ2) is 4.90. The molecule has 2 aromatic rings. The topological polar surface area (TPSA) is 42.2 Å². The number of nitrogens with zero attached hydrogens (tertiary/aromatic N) is 2. The van der Waals surface area contributed by atoms with Crippen LogP contribution in [0.5, 0.6) is 0 Å². The number of hydrogen-bond acceptors (Lipinski definition) is 4. The zero-order valence-corrected chi connectivity index (χ0v) is 11.6. The molecule has 0 amide bonds. The fraction of sp³-hybridized carbons (Fsp3) is 0.357. The maximum absolute atomic E-state index is 13.3. The molecule has 0 saturated carbocycles. The molecule has 1 aliphatic carbocycles. The maximum atomic E-state index is 13.3. The lowest BCUT2D eigenvalue weighted by Gasteiger charge is -2.16. The molecule has 0 aliphatic heterocycles. The first-order valence-corrected chi connectivity index (χ1v) is 7.21. The van der Waals surface area contributed by atoms with Crippen LogP contribution < -0.4 is 10.6 Å². The van der Waals surface area contributed by atoms with Gasteiger partial charge in [-0.1, -0.05) is 17.4 Å². The SMILES string of the molecule is CN(c1cccc(F)c1)c1nc2c(s1)C(N)CCC2. The Balaban J connectivity index is 1.94. The number of nitrogens with two attached hydrogens (primary N) is 1. The van der Waals surface area contributed by atoms with Gasteiger partial charge in [0.1, 0.15) is 5.82 Å². The molecule has 0 bridgehead atoms. The van der Waals surface area contributed by atoms with Gasteiger partial charge in [-0.15, -0.1) is 0 Å². The lowest BCUT2D eigenvalue weighted by atomic mass is 9.99. The average Bonchev–Trinajstić information content (AvgIpc) is 2.83. The summed E-state index contributed by atoms with van der Waals surface area (Å²) in [6, 6.07) is 6.65. The number of fused-ring (bicyclic) bond motifs is 1. The number of anilines is 2. The molecule has 0 fully saturated rings. The van der Waals surface area contributed by atoms with E-state index < -0.39 is 0 Å². The van der Waals surface area contributed by atoms with Crippen molar-refractivity contribution in [2.45, 2.75) is 25.3 Å². The van der Waals surface area contributed by atoms with Crippen molar-refractivity contribution in [1.29, 1.82) is 0 Å². The van der Waals surface area contributed by atoms with E-state index in [0.29, 0.717) is 0 Å². The summed E-state index contributed by atoms with van der Waals surface area (Å²) in [6.45, 7) is 0. The zero-order valence-electron chi connectivity index (χ0n) is 10.8. The quantitative estimate of drug-likeness (QED) is 0.915. The van der Waals surface area contributed by atoms with Crippen molar-refractivity contribution in [1.82, 2.24) is 4.98 Å². The second-order valence-electron chi connectivity index (χ2n) is 4.84. The van der Waals surface area contributed by atoms with Gasteiger partial charge in [0.05, 0.1) is 5.69 Å². The Morgan fingerprint density at radius 2 is 2.32 bits per heavy atom. The highest BCUT2D eigenvalue weighted by molar-refractivity contribution is 7.15. The molecule has 1 atom stereocenters. The summed E-state index contributed by atoms with van der Waals surface area (Å²) in [7, 11) is 1.91. The highest BCUT2D eigenvalue weighted by Crippen LogP contribution is 2.37. The maximum Gasteiger partial charge on any atom is 0.190 e. The molecule has 100 valence electrons. The largest absolute Gasteiger partial charge is 0.323 e. The van der Waals surface area contributed by atoms with Gasteiger partial charge < -0.3 is 10.6 Å². The number of hydrogen-bond donors (Lipinski definition) is 1. The third kappa shape index (κ3) is 2.35. The van der Waals surface area contributed by atoms with E-state index in [9.17, 15) is 4.39 Å². The van der Waals surface area contributed by atoms with Gasteiger partial charge in [0.25, 0.3) is 0 Å². The van der Waals surface area contributed by atoms with Gasteiger partial charge in [0, 0.05) is 23.7 Å². The van der Waals surface area contributed by atoms with Gasteiger partial charge >= 0.3 is 0 Å². The minimum atomic E-state index is -0.234. The number of thiazole rings is 1. The standard InChI is InChI=1S/C14H16FN3S/c1-18(10-5-2-4-9(15)8-10)14-17-12-7-3-6-11(16)13(12)19-14/h2,4-5,8,11H,3,6-7,16H2,1H3. The highest BCUT2D eigenvalue weighted by Gasteiger charge is 2.23. The summed E-state index contributed by atoms with van der Waals surface area (Å²) in [5.41, 5.74) is 8.03. The molecule has 1 aromatic carbocycles. The molecule has 3 rings (SSSR count). The van der Waals surface area contributed by atoms with Gasteiger partial charge in [-0.25, -0.2) is 9.37 Å². The molecule has 2 N–H and O–H groups in total. The van der Waals surface area contributed by atoms with E-state index in [2.05, 4.69) is 4.98 Å². The van der Waals surface area contributed by atoms with Crippen LogP contribution in [0.1, 0.15) is 29.5 Å². The Hall–Kier alpha value is -1.46. The number of rotatable bonds is 2. The zero-order chi connectivity index (χ0) is 13.4. The number of halogens is 1. The van der Waals surface area contributed by atoms with Gasteiger partial charge in [0.2, 0.25) is 0 Å². The minimum Gasteiger partial charge on any atom is -0.323 e. The molecule has 0 radical (unpaired) electrons. The van der Waals surface area contributed by atoms with E-state index in [1.54, 1.807) is 17.4 Å². The predicted octanol–water partition coefficient (Wildman–Crippen LogP) is 3.39. The molecule has 1 heterocycles. The average molecular weight is 277 g/mol. The lowest BCUT2D eigenvalue weighted by Crippen LogP contribution is -2.15. The monoisotopic (exact) mass is 277 g/mol. The van der Waals surface area contributed by atoms with Crippen LogP contribution >= 0.6 is 11.3 Å². The number of benzene rings is 1. The summed E-state index contributed by atoms with van der Waals surface area (Å²) in [6.07, 6.45) is 3.12. The van der Waals surface area contributed by atoms with Gasteiger partial charge in [-0.3, -0.25) is 0 Å². The van der Waals surface area contributed by atoms with E-state index in [1.165, 1.54) is 17.0 Å². The normalized spacial score (nSPS) is 18.2.